The molecule has 0 amide bonds. The minimum absolute atomic E-state index is 0. The van der Waals surface area contributed by atoms with Gasteiger partial charge in [0.1, 0.15) is 0 Å². The van der Waals surface area contributed by atoms with E-state index in [0.29, 0.717) is 0 Å². The molecule has 0 aromatic carbocycles. The van der Waals surface area contributed by atoms with Crippen molar-refractivity contribution in [3.63, 3.8) is 0 Å². The maximum atomic E-state index is 2.12. The zero-order valence-corrected chi connectivity index (χ0v) is 4.45. The molecule has 0 heterocycles. The van der Waals surface area contributed by atoms with E-state index in [2.05, 4.69) is 28.2 Å². The first-order valence-electron chi connectivity index (χ1n) is 1.79. The van der Waals surface area contributed by atoms with E-state index in [9.17, 15) is 0 Å². The lowest BCUT2D eigenvalue weighted by Crippen LogP contribution is -2.27. The van der Waals surface area contributed by atoms with Gasteiger partial charge in [0.05, 0.1) is 70.3 Å². The summed E-state index contributed by atoms with van der Waals surface area (Å²) in [4.78, 5) is 0. The predicted molar refractivity (Wildman–Crippen MR) is 85.0 cm³/mol. The molecule has 0 aromatic rings. The molecule has 0 aliphatic rings. The number of nitrogens with zero attached hydrogens (tertiary/aromatic N) is 1. The number of quaternary nitrogens is 1. The van der Waals surface area contributed by atoms with Gasteiger partial charge in [-0.2, -0.15) is 0 Å². The molecule has 0 aromatic heterocycles. The van der Waals surface area contributed by atoms with Crippen molar-refractivity contribution in [3.05, 3.63) is 0 Å². The van der Waals surface area contributed by atoms with Gasteiger partial charge >= 0.3 is 0 Å². The van der Waals surface area contributed by atoms with Gasteiger partial charge < -0.3 is 4.48 Å². The van der Waals surface area contributed by atoms with Crippen molar-refractivity contribution in [1.29, 1.82) is 0 Å². The monoisotopic (exact) mass is 159 g/mol. The minimum atomic E-state index is 0. The fraction of sp³-hybridized carbons (Fsp3) is 1.00. The molecule has 0 atom stereocenters. The Morgan fingerprint density at radius 1 is 0.545 bits per heavy atom. The van der Waals surface area contributed by atoms with E-state index in [4.69, 9.17) is 0 Å². The van der Waals surface area contributed by atoms with Crippen LogP contribution < -0.4 is 0 Å². The van der Waals surface area contributed by atoms with Crippen LogP contribution >= 0.6 is 0 Å². The van der Waals surface area contributed by atoms with Gasteiger partial charge in [-0.25, -0.2) is 0 Å². The first-order valence-corrected chi connectivity index (χ1v) is 1.79. The number of hydrogen-bond donors (Lipinski definition) is 0. The van der Waals surface area contributed by atoms with Crippen LogP contribution in [-0.4, -0.2) is 83.2 Å². The molecule has 0 fully saturated rings. The summed E-state index contributed by atoms with van der Waals surface area (Å²) in [5.74, 6) is 0. The maximum absolute atomic E-state index is 2.12. The third-order valence-electron chi connectivity index (χ3n) is 0. The molecule has 0 rings (SSSR count). The van der Waals surface area contributed by atoms with Crippen molar-refractivity contribution in [3.8, 4) is 0 Å². The number of hydrogen-bond acceptors (Lipinski definition) is 0. The van der Waals surface area contributed by atoms with Crippen molar-refractivity contribution in [2.75, 3.05) is 28.2 Å². The van der Waals surface area contributed by atoms with Gasteiger partial charge in [-0.3, -0.25) is 0 Å². The highest BCUT2D eigenvalue weighted by Gasteiger charge is 1.88. The van der Waals surface area contributed by atoms with Crippen LogP contribution in [0.3, 0.4) is 0 Å². The lowest BCUT2D eigenvalue weighted by molar-refractivity contribution is -0.849. The maximum Gasteiger partial charge on any atom is 0.0814 e. The second-order valence-electron chi connectivity index (χ2n) is 2.68. The summed E-state index contributed by atoms with van der Waals surface area (Å²) in [5.41, 5.74) is 0. The van der Waals surface area contributed by atoms with Crippen molar-refractivity contribution < 1.29 is 4.48 Å². The van der Waals surface area contributed by atoms with Crippen LogP contribution in [-0.2, 0) is 0 Å². The Morgan fingerprint density at radius 3 is 0.545 bits per heavy atom. The van der Waals surface area contributed by atoms with Gasteiger partial charge in [-0.15, -0.1) is 0 Å². The van der Waals surface area contributed by atoms with Crippen molar-refractivity contribution in [1.82, 2.24) is 0 Å². The molecular weight excluding hydrogens is 127 g/mol. The van der Waals surface area contributed by atoms with Gasteiger partial charge in [0, 0.05) is 0 Å². The average molecular weight is 158 g/mol. The Labute approximate surface area is 83.7 Å². The van der Waals surface area contributed by atoms with E-state index in [-0.39, 0.29) is 50.5 Å². The minimum Gasteiger partial charge on any atom is -0.333 e. The molecule has 0 radical (unpaired) electrons. The third-order valence-corrected chi connectivity index (χ3v) is 0. The van der Waals surface area contributed by atoms with E-state index < -0.39 is 0 Å². The molecular formula is C4H31B6N. The molecule has 0 N–H and O–H groups in total. The average Bonchev–Trinajstić information content (AvgIpc) is 0.722. The van der Waals surface area contributed by atoms with Crippen molar-refractivity contribution >= 4 is 50.5 Å². The summed E-state index contributed by atoms with van der Waals surface area (Å²) in [6.45, 7) is 0. The first kappa shape index (κ1) is 64.3. The van der Waals surface area contributed by atoms with E-state index in [1.54, 1.807) is 0 Å². The quantitative estimate of drug-likeness (QED) is 0.243. The lowest BCUT2D eigenvalue weighted by Gasteiger charge is -2.14. The standard InChI is InChI=1S/C4H12N.BH4.5BH3/c1-5(2,3)4;;;;;;/h1-4H3;1H4;5*1H3/q+1;-1;;;;;. The summed E-state index contributed by atoms with van der Waals surface area (Å²) in [6, 6.07) is 0. The molecule has 0 aliphatic carbocycles. The van der Waals surface area contributed by atoms with Gasteiger partial charge in [0.15, 0.2) is 0 Å². The normalized spacial score (nSPS) is 5.45. The Balaban J connectivity index is -0.00000000533. The van der Waals surface area contributed by atoms with Gasteiger partial charge in [-0.05, 0) is 0 Å². The van der Waals surface area contributed by atoms with Crippen molar-refractivity contribution in [2.24, 2.45) is 0 Å². The van der Waals surface area contributed by atoms with Crippen LogP contribution in [0.5, 0.6) is 0 Å². The predicted octanol–water partition coefficient (Wildman–Crippen LogP) is -7.05. The van der Waals surface area contributed by atoms with Crippen LogP contribution in [0.25, 0.3) is 0 Å². The summed E-state index contributed by atoms with van der Waals surface area (Å²) in [6.07, 6.45) is 0. The Morgan fingerprint density at radius 2 is 0.545 bits per heavy atom. The molecule has 70 valence electrons. The lowest BCUT2D eigenvalue weighted by atomic mass is 10.8. The number of rotatable bonds is 0. The van der Waals surface area contributed by atoms with E-state index >= 15 is 0 Å². The fourth-order valence-electron chi connectivity index (χ4n) is 0. The first-order chi connectivity index (χ1) is 2.00. The molecule has 0 aliphatic heterocycles. The second kappa shape index (κ2) is 22.4. The largest absolute Gasteiger partial charge is 0.333 e. The third kappa shape index (κ3) is 5900. The molecule has 0 unspecified atom stereocenters. The summed E-state index contributed by atoms with van der Waals surface area (Å²) in [5, 5.41) is 0. The highest BCUT2D eigenvalue weighted by molar-refractivity contribution is 5.76. The molecule has 7 heteroatoms. The molecule has 0 bridgehead atoms. The fourth-order valence-corrected chi connectivity index (χ4v) is 0. The smallest absolute Gasteiger partial charge is 0.0814 e. The van der Waals surface area contributed by atoms with E-state index in [1.807, 2.05) is 0 Å². The SMILES string of the molecule is B.B.B.B.B.C[N+](C)(C)C.[BH4-]. The summed E-state index contributed by atoms with van der Waals surface area (Å²) >= 11 is 0. The van der Waals surface area contributed by atoms with Crippen LogP contribution in [0.1, 0.15) is 0 Å². The highest BCUT2D eigenvalue weighted by atomic mass is 15.2. The van der Waals surface area contributed by atoms with Crippen LogP contribution in [0, 0.1) is 0 Å². The second-order valence-corrected chi connectivity index (χ2v) is 2.68. The molecule has 0 saturated heterocycles. The Hall–Kier alpha value is 0.350. The Kier molecular flexibility index (Phi) is 131. The van der Waals surface area contributed by atoms with Gasteiger partial charge in [0.2, 0.25) is 0 Å². The summed E-state index contributed by atoms with van der Waals surface area (Å²) in [7, 11) is 8.50. The van der Waals surface area contributed by atoms with Crippen LogP contribution in [0.2, 0.25) is 0 Å². The van der Waals surface area contributed by atoms with E-state index in [0.717, 1.165) is 4.48 Å². The molecule has 11 heavy (non-hydrogen) atoms. The zero-order chi connectivity index (χ0) is 4.50. The van der Waals surface area contributed by atoms with Crippen LogP contribution in [0.15, 0.2) is 0 Å². The van der Waals surface area contributed by atoms with Crippen molar-refractivity contribution in [2.45, 2.75) is 0 Å². The summed E-state index contributed by atoms with van der Waals surface area (Å²) < 4.78 is 1.00. The van der Waals surface area contributed by atoms with E-state index in [1.165, 1.54) is 0 Å². The topological polar surface area (TPSA) is 0 Å². The molecule has 0 spiro atoms. The van der Waals surface area contributed by atoms with Crippen LogP contribution in [0.4, 0.5) is 0 Å². The van der Waals surface area contributed by atoms with Gasteiger partial charge in [-0.1, -0.05) is 8.41 Å². The highest BCUT2D eigenvalue weighted by Crippen LogP contribution is 1.73. The molecule has 1 nitrogen and oxygen atoms in total. The molecule has 0 saturated carbocycles. The Bertz CT molecular complexity index is 30.1. The van der Waals surface area contributed by atoms with Gasteiger partial charge in [0.25, 0.3) is 0 Å². The zero-order valence-electron chi connectivity index (χ0n) is 4.45.